The third kappa shape index (κ3) is 4.17. The molecule has 116 valence electrons. The van der Waals surface area contributed by atoms with Gasteiger partial charge in [-0.2, -0.15) is 0 Å². The fraction of sp³-hybridized carbons (Fsp3) is 0.647. The average molecular weight is 292 g/mol. The molecular weight excluding hydrogens is 267 g/mol. The first-order valence-corrected chi connectivity index (χ1v) is 8.03. The number of benzene rings is 1. The fourth-order valence-electron chi connectivity index (χ4n) is 3.02. The summed E-state index contributed by atoms with van der Waals surface area (Å²) < 4.78 is 19.0. The lowest BCUT2D eigenvalue weighted by molar-refractivity contribution is 0.0685. The number of halogens is 1. The van der Waals surface area contributed by atoms with Crippen LogP contribution in [0.4, 0.5) is 10.1 Å². The Hall–Kier alpha value is -1.13. The zero-order valence-electron chi connectivity index (χ0n) is 12.8. The number of rotatable bonds is 6. The second-order valence-electron chi connectivity index (χ2n) is 6.36. The molecule has 1 saturated carbocycles. The predicted molar refractivity (Wildman–Crippen MR) is 83.1 cm³/mol. The summed E-state index contributed by atoms with van der Waals surface area (Å²) in [5.41, 5.74) is 2.22. The van der Waals surface area contributed by atoms with Crippen LogP contribution in [0.25, 0.3) is 0 Å². The molecule has 1 aliphatic heterocycles. The Morgan fingerprint density at radius 3 is 2.71 bits per heavy atom. The second-order valence-corrected chi connectivity index (χ2v) is 6.36. The molecule has 1 saturated heterocycles. The van der Waals surface area contributed by atoms with Crippen LogP contribution in [-0.2, 0) is 11.3 Å². The molecule has 0 bridgehead atoms. The van der Waals surface area contributed by atoms with Gasteiger partial charge in [0.2, 0.25) is 0 Å². The van der Waals surface area contributed by atoms with E-state index in [1.54, 1.807) is 12.1 Å². The average Bonchev–Trinajstić information content (AvgIpc) is 3.30. The Morgan fingerprint density at radius 1 is 1.24 bits per heavy atom. The number of anilines is 1. The van der Waals surface area contributed by atoms with Crippen molar-refractivity contribution in [3.63, 3.8) is 0 Å². The van der Waals surface area contributed by atoms with Crippen LogP contribution >= 0.6 is 0 Å². The number of nitrogens with zero attached hydrogens (tertiary/aromatic N) is 1. The van der Waals surface area contributed by atoms with E-state index in [0.29, 0.717) is 12.0 Å². The summed E-state index contributed by atoms with van der Waals surface area (Å²) in [7, 11) is 2.11. The largest absolute Gasteiger partial charge is 0.381 e. The minimum atomic E-state index is -0.147. The highest BCUT2D eigenvalue weighted by Crippen LogP contribution is 2.26. The molecule has 21 heavy (non-hydrogen) atoms. The molecule has 0 unspecified atom stereocenters. The highest BCUT2D eigenvalue weighted by molar-refractivity contribution is 5.53. The van der Waals surface area contributed by atoms with Crippen LogP contribution in [0.2, 0.25) is 0 Å². The zero-order valence-corrected chi connectivity index (χ0v) is 12.8. The molecule has 0 spiro atoms. The van der Waals surface area contributed by atoms with Crippen molar-refractivity contribution in [3.8, 4) is 0 Å². The molecular formula is C17H25FN2O. The SMILES string of the molecule is CN(CC1CCOCC1)c1ccc(F)cc1CNC1CC1. The van der Waals surface area contributed by atoms with E-state index in [2.05, 4.69) is 17.3 Å². The fourth-order valence-corrected chi connectivity index (χ4v) is 3.02. The van der Waals surface area contributed by atoms with E-state index < -0.39 is 0 Å². The maximum atomic E-state index is 13.5. The Labute approximate surface area is 126 Å². The minimum Gasteiger partial charge on any atom is -0.381 e. The monoisotopic (exact) mass is 292 g/mol. The number of hydrogen-bond donors (Lipinski definition) is 1. The molecule has 1 aliphatic carbocycles. The van der Waals surface area contributed by atoms with Gasteiger partial charge in [-0.25, -0.2) is 4.39 Å². The van der Waals surface area contributed by atoms with Crippen molar-refractivity contribution in [2.45, 2.75) is 38.3 Å². The van der Waals surface area contributed by atoms with Gasteiger partial charge in [0.1, 0.15) is 5.82 Å². The van der Waals surface area contributed by atoms with Crippen molar-refractivity contribution in [3.05, 3.63) is 29.6 Å². The van der Waals surface area contributed by atoms with Gasteiger partial charge in [-0.15, -0.1) is 0 Å². The van der Waals surface area contributed by atoms with Crippen LogP contribution in [0.1, 0.15) is 31.2 Å². The van der Waals surface area contributed by atoms with Crippen LogP contribution in [-0.4, -0.2) is 32.8 Å². The van der Waals surface area contributed by atoms with Crippen molar-refractivity contribution in [1.82, 2.24) is 5.32 Å². The molecule has 0 amide bonds. The van der Waals surface area contributed by atoms with E-state index in [-0.39, 0.29) is 5.82 Å². The van der Waals surface area contributed by atoms with Gasteiger partial charge >= 0.3 is 0 Å². The number of ether oxygens (including phenoxy) is 1. The van der Waals surface area contributed by atoms with Crippen molar-refractivity contribution >= 4 is 5.69 Å². The van der Waals surface area contributed by atoms with Crippen molar-refractivity contribution < 1.29 is 9.13 Å². The Kier molecular flexibility index (Phi) is 4.76. The molecule has 1 N–H and O–H groups in total. The summed E-state index contributed by atoms with van der Waals surface area (Å²) >= 11 is 0. The van der Waals surface area contributed by atoms with Crippen LogP contribution in [0.5, 0.6) is 0 Å². The summed E-state index contributed by atoms with van der Waals surface area (Å²) in [6.45, 7) is 3.53. The van der Waals surface area contributed by atoms with Gasteiger partial charge < -0.3 is 15.0 Å². The molecule has 3 nitrogen and oxygen atoms in total. The normalized spacial score (nSPS) is 19.7. The van der Waals surface area contributed by atoms with Gasteiger partial charge in [0, 0.05) is 45.1 Å². The van der Waals surface area contributed by atoms with E-state index in [9.17, 15) is 4.39 Å². The molecule has 1 aromatic carbocycles. The molecule has 3 rings (SSSR count). The quantitative estimate of drug-likeness (QED) is 0.872. The molecule has 1 heterocycles. The lowest BCUT2D eigenvalue weighted by Crippen LogP contribution is -2.30. The Balaban J connectivity index is 1.66. The van der Waals surface area contributed by atoms with Gasteiger partial charge in [0.25, 0.3) is 0 Å². The summed E-state index contributed by atoms with van der Waals surface area (Å²) in [6, 6.07) is 5.79. The minimum absolute atomic E-state index is 0.147. The Morgan fingerprint density at radius 2 is 2.00 bits per heavy atom. The lowest BCUT2D eigenvalue weighted by Gasteiger charge is -2.30. The first kappa shape index (κ1) is 14.8. The van der Waals surface area contributed by atoms with Crippen molar-refractivity contribution in [2.75, 3.05) is 31.7 Å². The molecule has 1 aromatic rings. The molecule has 4 heteroatoms. The molecule has 2 aliphatic rings. The summed E-state index contributed by atoms with van der Waals surface area (Å²) in [5, 5.41) is 3.49. The summed E-state index contributed by atoms with van der Waals surface area (Å²) in [6.07, 6.45) is 4.76. The summed E-state index contributed by atoms with van der Waals surface area (Å²) in [5.74, 6) is 0.531. The maximum Gasteiger partial charge on any atom is 0.123 e. The highest BCUT2D eigenvalue weighted by Gasteiger charge is 2.22. The van der Waals surface area contributed by atoms with E-state index in [1.165, 1.54) is 12.8 Å². The van der Waals surface area contributed by atoms with Crippen LogP contribution < -0.4 is 10.2 Å². The number of hydrogen-bond acceptors (Lipinski definition) is 3. The van der Waals surface area contributed by atoms with Crippen LogP contribution in [0.15, 0.2) is 18.2 Å². The molecule has 0 atom stereocenters. The van der Waals surface area contributed by atoms with Gasteiger partial charge in [-0.05, 0) is 55.4 Å². The van der Waals surface area contributed by atoms with E-state index in [0.717, 1.165) is 50.4 Å². The van der Waals surface area contributed by atoms with Gasteiger partial charge in [0.15, 0.2) is 0 Å². The first-order valence-electron chi connectivity index (χ1n) is 8.03. The van der Waals surface area contributed by atoms with Gasteiger partial charge in [0.05, 0.1) is 0 Å². The third-order valence-electron chi connectivity index (χ3n) is 4.48. The first-order chi connectivity index (χ1) is 10.2. The topological polar surface area (TPSA) is 24.5 Å². The van der Waals surface area contributed by atoms with E-state index >= 15 is 0 Å². The second kappa shape index (κ2) is 6.75. The van der Waals surface area contributed by atoms with Crippen LogP contribution in [0, 0.1) is 11.7 Å². The smallest absolute Gasteiger partial charge is 0.123 e. The predicted octanol–water partition coefficient (Wildman–Crippen LogP) is 2.94. The summed E-state index contributed by atoms with van der Waals surface area (Å²) in [4.78, 5) is 2.28. The van der Waals surface area contributed by atoms with E-state index in [1.807, 2.05) is 6.07 Å². The van der Waals surface area contributed by atoms with Crippen molar-refractivity contribution in [1.29, 1.82) is 0 Å². The lowest BCUT2D eigenvalue weighted by atomic mass is 9.99. The third-order valence-corrected chi connectivity index (χ3v) is 4.48. The molecule has 0 aromatic heterocycles. The van der Waals surface area contributed by atoms with Gasteiger partial charge in [-0.3, -0.25) is 0 Å². The highest BCUT2D eigenvalue weighted by atomic mass is 19.1. The van der Waals surface area contributed by atoms with Crippen LogP contribution in [0.3, 0.4) is 0 Å². The molecule has 2 fully saturated rings. The standard InChI is InChI=1S/C17H25FN2O/c1-20(12-13-6-8-21-9-7-13)17-5-2-15(18)10-14(17)11-19-16-3-4-16/h2,5,10,13,16,19H,3-4,6-9,11-12H2,1H3. The number of nitrogens with one attached hydrogen (secondary N) is 1. The van der Waals surface area contributed by atoms with Crippen molar-refractivity contribution in [2.24, 2.45) is 5.92 Å². The van der Waals surface area contributed by atoms with Gasteiger partial charge in [-0.1, -0.05) is 0 Å². The zero-order chi connectivity index (χ0) is 14.7. The maximum absolute atomic E-state index is 13.5. The van der Waals surface area contributed by atoms with E-state index in [4.69, 9.17) is 4.74 Å². The Bertz CT molecular complexity index is 470. The molecule has 0 radical (unpaired) electrons.